The van der Waals surface area contributed by atoms with Crippen LogP contribution in [0.5, 0.6) is 5.75 Å². The van der Waals surface area contributed by atoms with E-state index < -0.39 is 5.97 Å². The molecular formula is C21H16N2O3. The molecule has 0 aliphatic rings. The van der Waals surface area contributed by atoms with Crippen molar-refractivity contribution in [3.8, 4) is 5.75 Å². The molecule has 0 saturated carbocycles. The van der Waals surface area contributed by atoms with Crippen LogP contribution in [0, 0.1) is 0 Å². The van der Waals surface area contributed by atoms with Crippen LogP contribution in [0.25, 0.3) is 21.8 Å². The average molecular weight is 344 g/mol. The summed E-state index contributed by atoms with van der Waals surface area (Å²) in [5.41, 5.74) is 5.27. The van der Waals surface area contributed by atoms with E-state index in [9.17, 15) is 4.79 Å². The molecule has 1 N–H and O–H groups in total. The highest BCUT2D eigenvalue weighted by molar-refractivity contribution is 6.14. The molecule has 0 bridgehead atoms. The zero-order chi connectivity index (χ0) is 17.9. The number of fused-ring (bicyclic) bond motifs is 2. The molecular weight excluding hydrogens is 328 g/mol. The summed E-state index contributed by atoms with van der Waals surface area (Å²) in [6.45, 7) is 0. The standard InChI is InChI=1S/C21H16N2O3/c1-25-15-11-12-17-19(13-15)22-18-10-6-5-9-16(18)20(17)21(24)26-23-14-7-3-2-4-8-14/h2-13,23H,1H3. The highest BCUT2D eigenvalue weighted by Crippen LogP contribution is 2.29. The van der Waals surface area contributed by atoms with Crippen molar-refractivity contribution >= 4 is 33.5 Å². The van der Waals surface area contributed by atoms with Crippen LogP contribution >= 0.6 is 0 Å². The first-order chi connectivity index (χ1) is 12.8. The SMILES string of the molecule is COc1ccc2c(C(=O)ONc3ccccc3)c3ccccc3nc2c1. The van der Waals surface area contributed by atoms with Gasteiger partial charge in [0.2, 0.25) is 0 Å². The maximum Gasteiger partial charge on any atom is 0.364 e. The van der Waals surface area contributed by atoms with Gasteiger partial charge in [-0.2, -0.15) is 0 Å². The van der Waals surface area contributed by atoms with E-state index in [4.69, 9.17) is 9.57 Å². The second-order valence-corrected chi connectivity index (χ2v) is 5.74. The molecule has 0 spiro atoms. The van der Waals surface area contributed by atoms with Gasteiger partial charge in [-0.15, -0.1) is 0 Å². The van der Waals surface area contributed by atoms with Gasteiger partial charge >= 0.3 is 5.97 Å². The molecule has 5 heteroatoms. The number of ether oxygens (including phenoxy) is 1. The van der Waals surface area contributed by atoms with Crippen molar-refractivity contribution in [1.82, 2.24) is 4.98 Å². The molecule has 4 aromatic rings. The number of carbonyl (C=O) groups excluding carboxylic acids is 1. The Labute approximate surface area is 150 Å². The molecule has 26 heavy (non-hydrogen) atoms. The minimum Gasteiger partial charge on any atom is -0.497 e. The lowest BCUT2D eigenvalue weighted by atomic mass is 10.0. The van der Waals surface area contributed by atoms with Gasteiger partial charge < -0.3 is 9.57 Å². The van der Waals surface area contributed by atoms with Crippen molar-refractivity contribution in [1.29, 1.82) is 0 Å². The molecule has 1 aromatic heterocycles. The van der Waals surface area contributed by atoms with Gasteiger partial charge in [-0.1, -0.05) is 36.4 Å². The Bertz CT molecular complexity index is 1090. The number of methoxy groups -OCH3 is 1. The number of hydrogen-bond donors (Lipinski definition) is 1. The highest BCUT2D eigenvalue weighted by Gasteiger charge is 2.18. The van der Waals surface area contributed by atoms with E-state index in [0.29, 0.717) is 27.9 Å². The maximum absolute atomic E-state index is 12.9. The monoisotopic (exact) mass is 344 g/mol. The highest BCUT2D eigenvalue weighted by atomic mass is 16.7. The van der Waals surface area contributed by atoms with Crippen molar-refractivity contribution in [2.45, 2.75) is 0 Å². The fourth-order valence-corrected chi connectivity index (χ4v) is 2.88. The molecule has 128 valence electrons. The van der Waals surface area contributed by atoms with E-state index in [-0.39, 0.29) is 0 Å². The number of benzene rings is 3. The Balaban J connectivity index is 1.81. The summed E-state index contributed by atoms with van der Waals surface area (Å²) in [4.78, 5) is 22.8. The van der Waals surface area contributed by atoms with Crippen LogP contribution < -0.4 is 10.2 Å². The van der Waals surface area contributed by atoms with Crippen LogP contribution in [0.2, 0.25) is 0 Å². The number of nitrogens with one attached hydrogen (secondary N) is 1. The third kappa shape index (κ3) is 2.91. The second kappa shape index (κ2) is 6.72. The Morgan fingerprint density at radius 3 is 2.42 bits per heavy atom. The Morgan fingerprint density at radius 1 is 0.885 bits per heavy atom. The molecule has 4 rings (SSSR count). The third-order valence-corrected chi connectivity index (χ3v) is 4.13. The van der Waals surface area contributed by atoms with Crippen molar-refractivity contribution in [3.63, 3.8) is 0 Å². The minimum absolute atomic E-state index is 0.469. The predicted molar refractivity (Wildman–Crippen MR) is 101 cm³/mol. The molecule has 0 atom stereocenters. The van der Waals surface area contributed by atoms with Crippen molar-refractivity contribution in [3.05, 3.63) is 78.4 Å². The summed E-state index contributed by atoms with van der Waals surface area (Å²) in [6, 6.07) is 22.2. The van der Waals surface area contributed by atoms with E-state index in [1.54, 1.807) is 13.2 Å². The molecule has 0 radical (unpaired) electrons. The molecule has 0 unspecified atom stereocenters. The summed E-state index contributed by atoms with van der Waals surface area (Å²) < 4.78 is 5.27. The fourth-order valence-electron chi connectivity index (χ4n) is 2.88. The number of anilines is 1. The van der Waals surface area contributed by atoms with E-state index in [1.165, 1.54) is 0 Å². The maximum atomic E-state index is 12.9. The second-order valence-electron chi connectivity index (χ2n) is 5.74. The lowest BCUT2D eigenvalue weighted by Crippen LogP contribution is -2.12. The van der Waals surface area contributed by atoms with Gasteiger partial charge in [0.15, 0.2) is 0 Å². The van der Waals surface area contributed by atoms with E-state index in [2.05, 4.69) is 10.5 Å². The van der Waals surface area contributed by atoms with Gasteiger partial charge in [0.25, 0.3) is 0 Å². The Hall–Kier alpha value is -3.60. The van der Waals surface area contributed by atoms with E-state index >= 15 is 0 Å². The summed E-state index contributed by atoms with van der Waals surface area (Å²) >= 11 is 0. The van der Waals surface area contributed by atoms with Crippen LogP contribution in [0.4, 0.5) is 5.69 Å². The normalized spacial score (nSPS) is 10.7. The van der Waals surface area contributed by atoms with Crippen LogP contribution in [0.3, 0.4) is 0 Å². The first kappa shape index (κ1) is 15.9. The van der Waals surface area contributed by atoms with Gasteiger partial charge in [-0.3, -0.25) is 0 Å². The van der Waals surface area contributed by atoms with Crippen LogP contribution in [-0.2, 0) is 4.84 Å². The summed E-state index contributed by atoms with van der Waals surface area (Å²) in [5.74, 6) is 0.213. The van der Waals surface area contributed by atoms with Crippen molar-refractivity contribution in [2.24, 2.45) is 0 Å². The van der Waals surface area contributed by atoms with Crippen LogP contribution in [0.15, 0.2) is 72.8 Å². The lowest BCUT2D eigenvalue weighted by molar-refractivity contribution is 0.0601. The molecule has 0 fully saturated rings. The minimum atomic E-state index is -0.470. The van der Waals surface area contributed by atoms with Gasteiger partial charge in [-0.05, 0) is 30.3 Å². The Morgan fingerprint density at radius 2 is 1.62 bits per heavy atom. The quantitative estimate of drug-likeness (QED) is 0.434. The zero-order valence-corrected chi connectivity index (χ0v) is 14.1. The van der Waals surface area contributed by atoms with E-state index in [0.717, 1.165) is 10.9 Å². The van der Waals surface area contributed by atoms with Gasteiger partial charge in [0, 0.05) is 16.8 Å². The zero-order valence-electron chi connectivity index (χ0n) is 14.1. The molecule has 0 aliphatic heterocycles. The number of aromatic nitrogens is 1. The number of carbonyl (C=O) groups is 1. The summed E-state index contributed by atoms with van der Waals surface area (Å²) in [6.07, 6.45) is 0. The smallest absolute Gasteiger partial charge is 0.364 e. The average Bonchev–Trinajstić information content (AvgIpc) is 2.70. The Kier molecular flexibility index (Phi) is 4.11. The molecule has 0 saturated heterocycles. The topological polar surface area (TPSA) is 60.5 Å². The molecule has 0 amide bonds. The van der Waals surface area contributed by atoms with Crippen LogP contribution in [0.1, 0.15) is 10.4 Å². The number of nitrogens with zero attached hydrogens (tertiary/aromatic N) is 1. The number of rotatable bonds is 4. The molecule has 5 nitrogen and oxygen atoms in total. The number of para-hydroxylation sites is 2. The van der Waals surface area contributed by atoms with Crippen LogP contribution in [-0.4, -0.2) is 18.1 Å². The first-order valence-corrected chi connectivity index (χ1v) is 8.15. The van der Waals surface area contributed by atoms with Crippen molar-refractivity contribution in [2.75, 3.05) is 12.6 Å². The summed E-state index contributed by atoms with van der Waals surface area (Å²) in [5, 5.41) is 1.45. The third-order valence-electron chi connectivity index (χ3n) is 4.13. The predicted octanol–water partition coefficient (Wildman–Crippen LogP) is 4.58. The first-order valence-electron chi connectivity index (χ1n) is 8.15. The van der Waals surface area contributed by atoms with Gasteiger partial charge in [0.1, 0.15) is 5.75 Å². The fraction of sp³-hybridized carbons (Fsp3) is 0.0476. The lowest BCUT2D eigenvalue weighted by Gasteiger charge is -2.12. The number of pyridine rings is 1. The largest absolute Gasteiger partial charge is 0.497 e. The van der Waals surface area contributed by atoms with Gasteiger partial charge in [-0.25, -0.2) is 15.3 Å². The van der Waals surface area contributed by atoms with Gasteiger partial charge in [0.05, 0.1) is 29.4 Å². The van der Waals surface area contributed by atoms with E-state index in [1.807, 2.05) is 66.7 Å². The number of hydrogen-bond acceptors (Lipinski definition) is 5. The molecule has 1 heterocycles. The molecule has 0 aliphatic carbocycles. The molecule has 3 aromatic carbocycles. The summed E-state index contributed by atoms with van der Waals surface area (Å²) in [7, 11) is 1.60. The van der Waals surface area contributed by atoms with Crippen molar-refractivity contribution < 1.29 is 14.4 Å².